The van der Waals surface area contributed by atoms with Gasteiger partial charge in [0, 0.05) is 32.4 Å². The van der Waals surface area contributed by atoms with Gasteiger partial charge in [0.05, 0.1) is 0 Å². The Morgan fingerprint density at radius 1 is 0.591 bits per heavy atom. The first-order valence-electron chi connectivity index (χ1n) is 13.7. The molecule has 2 amide bonds. The number of nitrogens with one attached hydrogen (secondary N) is 2. The fourth-order valence-electron chi connectivity index (χ4n) is 4.35. The number of halogens is 2. The molecule has 5 nitrogen and oxygen atoms in total. The van der Waals surface area contributed by atoms with E-state index in [4.69, 9.17) is 23.2 Å². The van der Waals surface area contributed by atoms with E-state index in [0.29, 0.717) is 32.4 Å². The van der Waals surface area contributed by atoms with Gasteiger partial charge in [-0.3, -0.25) is 14.4 Å². The number of amides is 2. The molecule has 216 valence electrons. The van der Waals surface area contributed by atoms with Crippen molar-refractivity contribution in [1.29, 1.82) is 0 Å². The highest BCUT2D eigenvalue weighted by Crippen LogP contribution is 2.26. The first-order valence-corrected chi connectivity index (χ1v) is 14.4. The van der Waals surface area contributed by atoms with E-state index in [1.807, 2.05) is 60.7 Å². The number of anilines is 1. The Labute approximate surface area is 265 Å². The zero-order valence-corrected chi connectivity index (χ0v) is 24.8. The Morgan fingerprint density at radius 3 is 1.82 bits per heavy atom. The van der Waals surface area contributed by atoms with Gasteiger partial charge in [-0.1, -0.05) is 102 Å². The Balaban J connectivity index is 1.33. The van der Waals surface area contributed by atoms with Crippen LogP contribution >= 0.6 is 23.2 Å². The molecule has 0 atom stereocenters. The Hall–Kier alpha value is -5.23. The Kier molecular flexibility index (Phi) is 9.82. The average Bonchev–Trinajstić information content (AvgIpc) is 3.05. The van der Waals surface area contributed by atoms with Crippen molar-refractivity contribution in [1.82, 2.24) is 5.32 Å². The molecule has 0 aromatic heterocycles. The molecule has 5 aromatic carbocycles. The summed E-state index contributed by atoms with van der Waals surface area (Å²) in [7, 11) is 0. The molecule has 0 fully saturated rings. The topological polar surface area (TPSA) is 75.3 Å². The van der Waals surface area contributed by atoms with E-state index >= 15 is 0 Å². The second-order valence-corrected chi connectivity index (χ2v) is 10.5. The summed E-state index contributed by atoms with van der Waals surface area (Å²) in [5.74, 6) is -1.19. The Bertz CT molecular complexity index is 1830. The molecule has 0 aliphatic heterocycles. The maximum atomic E-state index is 13.4. The lowest BCUT2D eigenvalue weighted by atomic mass is 10.0. The second-order valence-electron chi connectivity index (χ2n) is 9.73. The number of rotatable bonds is 9. The van der Waals surface area contributed by atoms with E-state index in [-0.39, 0.29) is 11.5 Å². The lowest BCUT2D eigenvalue weighted by molar-refractivity contribution is -0.113. The smallest absolute Gasteiger partial charge is 0.272 e. The van der Waals surface area contributed by atoms with Crippen LogP contribution in [0.4, 0.5) is 5.69 Å². The molecule has 7 heteroatoms. The number of allylic oxidation sites excluding steroid dienone is 1. The van der Waals surface area contributed by atoms with E-state index < -0.39 is 11.8 Å². The van der Waals surface area contributed by atoms with Crippen molar-refractivity contribution in [2.45, 2.75) is 0 Å². The molecule has 0 unspecified atom stereocenters. The predicted molar refractivity (Wildman–Crippen MR) is 179 cm³/mol. The van der Waals surface area contributed by atoms with Crippen molar-refractivity contribution in [3.8, 4) is 11.1 Å². The van der Waals surface area contributed by atoms with E-state index in [1.165, 1.54) is 6.08 Å². The number of hydrogen-bond acceptors (Lipinski definition) is 3. The maximum Gasteiger partial charge on any atom is 0.272 e. The summed E-state index contributed by atoms with van der Waals surface area (Å²) in [5.41, 5.74) is 4.72. The SMILES string of the molecule is O=C(Nc1ccc(C(=O)/C=C/c2c(Cl)cccc2Cl)cc1)/C(=C/c1ccc(-c2ccccc2)cc1)NC(=O)c1ccccc1. The van der Waals surface area contributed by atoms with Crippen LogP contribution in [0.1, 0.15) is 31.8 Å². The van der Waals surface area contributed by atoms with Gasteiger partial charge >= 0.3 is 0 Å². The number of benzene rings is 5. The van der Waals surface area contributed by atoms with Crippen molar-refractivity contribution in [2.75, 3.05) is 5.32 Å². The van der Waals surface area contributed by atoms with Crippen LogP contribution in [0.2, 0.25) is 10.0 Å². The Morgan fingerprint density at radius 2 is 1.18 bits per heavy atom. The highest BCUT2D eigenvalue weighted by Gasteiger charge is 2.15. The van der Waals surface area contributed by atoms with Gasteiger partial charge in [-0.05, 0) is 83.4 Å². The molecular formula is C37H26Cl2N2O3. The molecule has 2 N–H and O–H groups in total. The van der Waals surface area contributed by atoms with E-state index in [2.05, 4.69) is 10.6 Å². The maximum absolute atomic E-state index is 13.4. The van der Waals surface area contributed by atoms with Gasteiger partial charge in [0.2, 0.25) is 0 Å². The van der Waals surface area contributed by atoms with E-state index in [0.717, 1.165) is 16.7 Å². The first-order chi connectivity index (χ1) is 21.4. The second kappa shape index (κ2) is 14.3. The van der Waals surface area contributed by atoms with Crippen molar-refractivity contribution >= 4 is 58.6 Å². The quantitative estimate of drug-likeness (QED) is 0.128. The third-order valence-corrected chi connectivity index (χ3v) is 7.35. The van der Waals surface area contributed by atoms with Gasteiger partial charge < -0.3 is 10.6 Å². The summed E-state index contributed by atoms with van der Waals surface area (Å²) in [4.78, 5) is 39.1. The van der Waals surface area contributed by atoms with Crippen LogP contribution in [0.5, 0.6) is 0 Å². The third kappa shape index (κ3) is 7.78. The molecule has 0 aliphatic rings. The monoisotopic (exact) mass is 616 g/mol. The van der Waals surface area contributed by atoms with Crippen LogP contribution in [0.25, 0.3) is 23.3 Å². The number of carbonyl (C=O) groups is 3. The lowest BCUT2D eigenvalue weighted by Crippen LogP contribution is -2.30. The molecule has 0 bridgehead atoms. The van der Waals surface area contributed by atoms with Crippen LogP contribution < -0.4 is 10.6 Å². The third-order valence-electron chi connectivity index (χ3n) is 6.69. The van der Waals surface area contributed by atoms with Crippen molar-refractivity contribution in [3.63, 3.8) is 0 Å². The fourth-order valence-corrected chi connectivity index (χ4v) is 4.88. The zero-order chi connectivity index (χ0) is 30.9. The molecule has 0 saturated carbocycles. The van der Waals surface area contributed by atoms with Crippen LogP contribution in [-0.2, 0) is 4.79 Å². The molecule has 44 heavy (non-hydrogen) atoms. The highest BCUT2D eigenvalue weighted by atomic mass is 35.5. The van der Waals surface area contributed by atoms with Crippen LogP contribution in [-0.4, -0.2) is 17.6 Å². The molecule has 0 heterocycles. The standard InChI is InChI=1S/C37H26Cl2N2O3/c38-32-12-7-13-33(39)31(32)22-23-35(42)28-18-20-30(21-19-28)40-37(44)34(41-36(43)29-10-5-2-6-11-29)24-25-14-16-27(17-15-25)26-8-3-1-4-9-26/h1-24H,(H,40,44)(H,41,43)/b23-22+,34-24-. The molecule has 0 spiro atoms. The van der Waals surface area contributed by atoms with Crippen molar-refractivity contribution < 1.29 is 14.4 Å². The molecule has 5 rings (SSSR count). The molecule has 0 saturated heterocycles. The summed E-state index contributed by atoms with van der Waals surface area (Å²) < 4.78 is 0. The lowest BCUT2D eigenvalue weighted by Gasteiger charge is -2.12. The van der Waals surface area contributed by atoms with Gasteiger partial charge in [0.25, 0.3) is 11.8 Å². The van der Waals surface area contributed by atoms with Crippen molar-refractivity contribution in [3.05, 3.63) is 171 Å². The number of carbonyl (C=O) groups excluding carboxylic acids is 3. The first kappa shape index (κ1) is 30.2. The highest BCUT2D eigenvalue weighted by molar-refractivity contribution is 6.37. The van der Waals surface area contributed by atoms with E-state index in [9.17, 15) is 14.4 Å². The summed E-state index contributed by atoms with van der Waals surface area (Å²) in [6, 6.07) is 37.8. The van der Waals surface area contributed by atoms with Crippen LogP contribution in [0.3, 0.4) is 0 Å². The average molecular weight is 618 g/mol. The van der Waals surface area contributed by atoms with Crippen LogP contribution in [0.15, 0.2) is 139 Å². The molecule has 0 aliphatic carbocycles. The minimum Gasteiger partial charge on any atom is -0.321 e. The number of hydrogen-bond donors (Lipinski definition) is 2. The van der Waals surface area contributed by atoms with E-state index in [1.54, 1.807) is 78.9 Å². The zero-order valence-electron chi connectivity index (χ0n) is 23.3. The molecular weight excluding hydrogens is 591 g/mol. The predicted octanol–water partition coefficient (Wildman–Crippen LogP) is 8.97. The summed E-state index contributed by atoms with van der Waals surface area (Å²) >= 11 is 12.4. The number of ketones is 1. The minimum absolute atomic E-state index is 0.0611. The van der Waals surface area contributed by atoms with Gasteiger partial charge in [0.1, 0.15) is 5.70 Å². The fraction of sp³-hybridized carbons (Fsp3) is 0. The van der Waals surface area contributed by atoms with Crippen molar-refractivity contribution in [2.24, 2.45) is 0 Å². The molecule has 0 radical (unpaired) electrons. The summed E-state index contributed by atoms with van der Waals surface area (Å²) in [6.45, 7) is 0. The van der Waals surface area contributed by atoms with Gasteiger partial charge in [0.15, 0.2) is 5.78 Å². The van der Waals surface area contributed by atoms with Gasteiger partial charge in [-0.25, -0.2) is 0 Å². The normalized spacial score (nSPS) is 11.3. The molecule has 5 aromatic rings. The van der Waals surface area contributed by atoms with Gasteiger partial charge in [-0.15, -0.1) is 0 Å². The largest absolute Gasteiger partial charge is 0.321 e. The summed E-state index contributed by atoms with van der Waals surface area (Å²) in [5, 5.41) is 6.43. The summed E-state index contributed by atoms with van der Waals surface area (Å²) in [6.07, 6.45) is 4.58. The van der Waals surface area contributed by atoms with Crippen LogP contribution in [0, 0.1) is 0 Å². The van der Waals surface area contributed by atoms with Gasteiger partial charge in [-0.2, -0.15) is 0 Å². The minimum atomic E-state index is -0.520.